The van der Waals surface area contributed by atoms with Gasteiger partial charge in [-0.05, 0) is 47.0 Å². The van der Waals surface area contributed by atoms with Crippen molar-refractivity contribution in [2.45, 2.75) is 26.4 Å². The second kappa shape index (κ2) is 6.39. The highest BCUT2D eigenvalue weighted by Crippen LogP contribution is 2.40. The topological polar surface area (TPSA) is 67.5 Å². The molecule has 0 radical (unpaired) electrons. The summed E-state index contributed by atoms with van der Waals surface area (Å²) >= 11 is 2.88. The molecule has 0 amide bonds. The van der Waals surface area contributed by atoms with E-state index in [0.717, 1.165) is 11.6 Å². The second-order valence-electron chi connectivity index (χ2n) is 5.74. The van der Waals surface area contributed by atoms with Crippen LogP contribution in [-0.2, 0) is 12.6 Å². The number of aromatic nitrogens is 3. The molecule has 0 bridgehead atoms. The number of hydrogen-bond donors (Lipinski definition) is 1. The lowest BCUT2D eigenvalue weighted by molar-refractivity contribution is -0.138. The van der Waals surface area contributed by atoms with E-state index < -0.39 is 23.3 Å². The molecule has 3 aromatic rings. The first-order valence-corrected chi connectivity index (χ1v) is 8.40. The van der Waals surface area contributed by atoms with Crippen LogP contribution in [0.3, 0.4) is 0 Å². The van der Waals surface area contributed by atoms with Gasteiger partial charge in [-0.2, -0.15) is 13.2 Å². The monoisotopic (exact) mass is 427 g/mol. The fraction of sp³-hybridized carbons (Fsp3) is 0.235. The van der Waals surface area contributed by atoms with E-state index in [9.17, 15) is 23.1 Å². The molecule has 0 aliphatic heterocycles. The lowest BCUT2D eigenvalue weighted by atomic mass is 10.0. The molecule has 136 valence electrons. The Morgan fingerprint density at radius 2 is 2.04 bits per heavy atom. The largest absolute Gasteiger partial charge is 0.506 e. The van der Waals surface area contributed by atoms with Crippen molar-refractivity contribution in [3.05, 3.63) is 57.1 Å². The molecule has 1 N–H and O–H groups in total. The summed E-state index contributed by atoms with van der Waals surface area (Å²) in [6.45, 7) is 3.57. The van der Waals surface area contributed by atoms with E-state index in [4.69, 9.17) is 0 Å². The van der Waals surface area contributed by atoms with Gasteiger partial charge in [-0.1, -0.05) is 6.92 Å². The molecule has 5 nitrogen and oxygen atoms in total. The summed E-state index contributed by atoms with van der Waals surface area (Å²) < 4.78 is 40.7. The molecule has 0 aliphatic rings. The molecule has 9 heteroatoms. The highest BCUT2D eigenvalue weighted by molar-refractivity contribution is 9.10. The number of carbonyl (C=O) groups is 1. The molecule has 0 atom stereocenters. The maximum Gasteiger partial charge on any atom is 0.420 e. The molecule has 0 spiro atoms. The number of ketones is 1. The number of phenolic OH excluding ortho intramolecular Hbond substituents is 1. The van der Waals surface area contributed by atoms with Crippen LogP contribution in [0.1, 0.15) is 39.8 Å². The number of halogens is 4. The Morgan fingerprint density at radius 3 is 2.65 bits per heavy atom. The van der Waals surface area contributed by atoms with Gasteiger partial charge in [0.25, 0.3) is 0 Å². The Morgan fingerprint density at radius 1 is 1.35 bits per heavy atom. The Hall–Kier alpha value is -2.42. The molecule has 0 unspecified atom stereocenters. The van der Waals surface area contributed by atoms with Gasteiger partial charge in [0.2, 0.25) is 11.6 Å². The molecule has 0 aliphatic carbocycles. The van der Waals surface area contributed by atoms with E-state index in [-0.39, 0.29) is 15.7 Å². The Balaban J connectivity index is 2.24. The molecular formula is C17H13BrF3N3O2. The van der Waals surface area contributed by atoms with Crippen LogP contribution in [0.25, 0.3) is 5.78 Å². The highest BCUT2D eigenvalue weighted by atomic mass is 79.9. The lowest BCUT2D eigenvalue weighted by Gasteiger charge is -2.12. The molecule has 0 saturated carbocycles. The van der Waals surface area contributed by atoms with Gasteiger partial charge in [-0.25, -0.2) is 9.97 Å². The average molecular weight is 428 g/mol. The van der Waals surface area contributed by atoms with Gasteiger partial charge in [0, 0.05) is 18.0 Å². The predicted octanol–water partition coefficient (Wildman–Crippen LogP) is 4.32. The Bertz CT molecular complexity index is 1030. The third kappa shape index (κ3) is 3.07. The van der Waals surface area contributed by atoms with Crippen molar-refractivity contribution in [2.24, 2.45) is 0 Å². The number of alkyl halides is 3. The Labute approximate surface area is 154 Å². The van der Waals surface area contributed by atoms with Crippen LogP contribution in [0, 0.1) is 6.92 Å². The van der Waals surface area contributed by atoms with Crippen molar-refractivity contribution in [3.63, 3.8) is 0 Å². The van der Waals surface area contributed by atoms with Gasteiger partial charge in [0.05, 0.1) is 15.7 Å². The fourth-order valence-corrected chi connectivity index (χ4v) is 3.11. The van der Waals surface area contributed by atoms with E-state index in [2.05, 4.69) is 25.9 Å². The summed E-state index contributed by atoms with van der Waals surface area (Å²) in [6.07, 6.45) is -1.14. The molecule has 1 aromatic carbocycles. The van der Waals surface area contributed by atoms with Gasteiger partial charge in [0.15, 0.2) is 0 Å². The number of hydrogen-bond acceptors (Lipinski definition) is 4. The molecule has 26 heavy (non-hydrogen) atoms. The van der Waals surface area contributed by atoms with E-state index in [1.165, 1.54) is 4.40 Å². The zero-order valence-corrected chi connectivity index (χ0v) is 15.3. The maximum atomic E-state index is 13.1. The number of rotatable bonds is 3. The standard InChI is InChI=1S/C17H13BrF3N3O2/c1-3-12-13(24-7-8(2)6-22-16(24)23-12)14(25)9-4-10(17(19,20)21)15(26)11(18)5-9/h4-7,26H,3H2,1-2H3. The number of imidazole rings is 1. The lowest BCUT2D eigenvalue weighted by Crippen LogP contribution is -2.12. The first-order valence-electron chi connectivity index (χ1n) is 7.61. The number of nitrogens with zero attached hydrogens (tertiary/aromatic N) is 3. The van der Waals surface area contributed by atoms with Crippen molar-refractivity contribution in [3.8, 4) is 5.75 Å². The first kappa shape index (κ1) is 18.4. The van der Waals surface area contributed by atoms with Crippen molar-refractivity contribution in [1.29, 1.82) is 0 Å². The minimum Gasteiger partial charge on any atom is -0.506 e. The van der Waals surface area contributed by atoms with Gasteiger partial charge < -0.3 is 5.11 Å². The minimum absolute atomic E-state index is 0.157. The van der Waals surface area contributed by atoms with Gasteiger partial charge in [0.1, 0.15) is 11.4 Å². The summed E-state index contributed by atoms with van der Waals surface area (Å²) in [6, 6.07) is 1.81. The summed E-state index contributed by atoms with van der Waals surface area (Å²) in [5.74, 6) is -1.29. The normalized spacial score (nSPS) is 11.9. The average Bonchev–Trinajstić information content (AvgIpc) is 2.93. The molecule has 0 fully saturated rings. The fourth-order valence-electron chi connectivity index (χ4n) is 2.65. The number of benzene rings is 1. The van der Waals surface area contributed by atoms with E-state index in [0.29, 0.717) is 24.0 Å². The molecule has 3 rings (SSSR count). The van der Waals surface area contributed by atoms with Crippen LogP contribution < -0.4 is 0 Å². The highest BCUT2D eigenvalue weighted by Gasteiger charge is 2.36. The smallest absolute Gasteiger partial charge is 0.420 e. The van der Waals surface area contributed by atoms with Gasteiger partial charge in [-0.15, -0.1) is 0 Å². The van der Waals surface area contributed by atoms with Crippen molar-refractivity contribution < 1.29 is 23.1 Å². The Kier molecular flexibility index (Phi) is 4.51. The van der Waals surface area contributed by atoms with E-state index in [1.807, 2.05) is 0 Å². The van der Waals surface area contributed by atoms with Crippen molar-refractivity contribution in [2.75, 3.05) is 0 Å². The van der Waals surface area contributed by atoms with Crippen LogP contribution in [0.5, 0.6) is 5.75 Å². The zero-order valence-electron chi connectivity index (χ0n) is 13.7. The van der Waals surface area contributed by atoms with Crippen LogP contribution in [0.4, 0.5) is 13.2 Å². The predicted molar refractivity (Wildman–Crippen MR) is 91.3 cm³/mol. The molecule has 2 heterocycles. The van der Waals surface area contributed by atoms with Crippen LogP contribution in [0.15, 0.2) is 29.0 Å². The molecule has 0 saturated heterocycles. The third-order valence-electron chi connectivity index (χ3n) is 3.86. The minimum atomic E-state index is -4.80. The number of fused-ring (bicyclic) bond motifs is 1. The zero-order chi connectivity index (χ0) is 19.2. The number of aromatic hydroxyl groups is 1. The number of aryl methyl sites for hydroxylation is 2. The van der Waals surface area contributed by atoms with Crippen LogP contribution in [-0.4, -0.2) is 25.3 Å². The number of phenols is 1. The van der Waals surface area contributed by atoms with E-state index >= 15 is 0 Å². The third-order valence-corrected chi connectivity index (χ3v) is 4.47. The van der Waals surface area contributed by atoms with Crippen LogP contribution in [0.2, 0.25) is 0 Å². The maximum absolute atomic E-state index is 13.1. The number of carbonyl (C=O) groups excluding carboxylic acids is 1. The van der Waals surface area contributed by atoms with Gasteiger partial charge in [-0.3, -0.25) is 9.20 Å². The van der Waals surface area contributed by atoms with Gasteiger partial charge >= 0.3 is 6.18 Å². The van der Waals surface area contributed by atoms with Crippen molar-refractivity contribution in [1.82, 2.24) is 14.4 Å². The summed E-state index contributed by atoms with van der Waals surface area (Å²) in [5, 5.41) is 9.67. The van der Waals surface area contributed by atoms with E-state index in [1.54, 1.807) is 26.2 Å². The van der Waals surface area contributed by atoms with Crippen LogP contribution >= 0.6 is 15.9 Å². The summed E-state index contributed by atoms with van der Waals surface area (Å²) in [5.41, 5.74) is -0.124. The molecular weight excluding hydrogens is 415 g/mol. The first-order chi connectivity index (χ1) is 12.1. The summed E-state index contributed by atoms with van der Waals surface area (Å²) in [4.78, 5) is 21.4. The van der Waals surface area contributed by atoms with Crippen molar-refractivity contribution >= 4 is 27.5 Å². The molecule has 2 aromatic heterocycles. The quantitative estimate of drug-likeness (QED) is 0.632. The SMILES string of the molecule is CCc1nc2ncc(C)cn2c1C(=O)c1cc(Br)c(O)c(C(F)(F)F)c1. The second-order valence-corrected chi connectivity index (χ2v) is 6.60. The summed E-state index contributed by atoms with van der Waals surface area (Å²) in [7, 11) is 0.